The number of nitrogens with zero attached hydrogens (tertiary/aromatic N) is 1. The fourth-order valence-corrected chi connectivity index (χ4v) is 3.25. The molecule has 5 heteroatoms. The molecule has 2 aromatic rings. The number of hydrogen-bond acceptors (Lipinski definition) is 2. The van der Waals surface area contributed by atoms with Crippen LogP contribution < -0.4 is 0 Å². The average molecular weight is 280 g/mol. The Morgan fingerprint density at radius 3 is 3.00 bits per heavy atom. The molecule has 0 radical (unpaired) electrons. The molecule has 19 heavy (non-hydrogen) atoms. The van der Waals surface area contributed by atoms with Crippen molar-refractivity contribution in [1.82, 2.24) is 9.55 Å². The molecule has 1 aliphatic rings. The molecule has 1 aromatic carbocycles. The van der Waals surface area contributed by atoms with Gasteiger partial charge in [0.25, 0.3) is 0 Å². The van der Waals surface area contributed by atoms with Gasteiger partial charge in [-0.25, -0.2) is 4.39 Å². The number of nitrogens with one attached hydrogen (secondary N) is 1. The van der Waals surface area contributed by atoms with Gasteiger partial charge in [-0.3, -0.25) is 0 Å². The highest BCUT2D eigenvalue weighted by Gasteiger charge is 2.31. The van der Waals surface area contributed by atoms with Gasteiger partial charge in [-0.15, -0.1) is 0 Å². The van der Waals surface area contributed by atoms with E-state index in [9.17, 15) is 4.39 Å². The molecule has 0 bridgehead atoms. The third-order valence-corrected chi connectivity index (χ3v) is 4.04. The van der Waals surface area contributed by atoms with Crippen molar-refractivity contribution in [2.45, 2.75) is 38.3 Å². The Hall–Kier alpha value is -1.20. The minimum atomic E-state index is -0.256. The molecule has 1 unspecified atom stereocenters. The minimum Gasteiger partial charge on any atom is -0.375 e. The molecule has 0 aliphatic carbocycles. The third kappa shape index (κ3) is 2.21. The standard InChI is InChI=1S/C14H17FN2OS/c1-14(2)8-9(6-7-18-14)17-11-5-3-4-10(15)12(11)16-13(17)19/h3-5,9H,6-8H2,1-2H3,(H,16,19). The van der Waals surface area contributed by atoms with E-state index in [0.29, 0.717) is 16.9 Å². The maximum Gasteiger partial charge on any atom is 0.178 e. The van der Waals surface area contributed by atoms with Gasteiger partial charge in [-0.05, 0) is 51.0 Å². The predicted octanol–water partition coefficient (Wildman–Crippen LogP) is 3.97. The first-order chi connectivity index (χ1) is 8.98. The van der Waals surface area contributed by atoms with Gasteiger partial charge in [0.05, 0.1) is 11.1 Å². The summed E-state index contributed by atoms with van der Waals surface area (Å²) in [5, 5.41) is 0. The number of hydrogen-bond donors (Lipinski definition) is 1. The van der Waals surface area contributed by atoms with Gasteiger partial charge in [-0.2, -0.15) is 0 Å². The normalized spacial score (nSPS) is 22.8. The molecule has 3 rings (SSSR count). The second-order valence-electron chi connectivity index (χ2n) is 5.69. The van der Waals surface area contributed by atoms with Crippen LogP contribution in [0.2, 0.25) is 0 Å². The van der Waals surface area contributed by atoms with Crippen LogP contribution in [0, 0.1) is 10.6 Å². The lowest BCUT2D eigenvalue weighted by Gasteiger charge is -2.36. The van der Waals surface area contributed by atoms with Gasteiger partial charge in [0.2, 0.25) is 0 Å². The topological polar surface area (TPSA) is 29.9 Å². The molecule has 0 amide bonds. The zero-order chi connectivity index (χ0) is 13.6. The van der Waals surface area contributed by atoms with Gasteiger partial charge in [0, 0.05) is 12.6 Å². The van der Waals surface area contributed by atoms with E-state index in [-0.39, 0.29) is 17.5 Å². The van der Waals surface area contributed by atoms with Crippen LogP contribution in [-0.2, 0) is 4.74 Å². The summed E-state index contributed by atoms with van der Waals surface area (Å²) >= 11 is 5.37. The van der Waals surface area contributed by atoms with Crippen LogP contribution in [0.15, 0.2) is 18.2 Å². The Kier molecular flexibility index (Phi) is 2.98. The lowest BCUT2D eigenvalue weighted by molar-refractivity contribution is -0.0687. The van der Waals surface area contributed by atoms with E-state index in [4.69, 9.17) is 17.0 Å². The molecule has 0 saturated carbocycles. The summed E-state index contributed by atoms with van der Waals surface area (Å²) in [6, 6.07) is 5.34. The van der Waals surface area contributed by atoms with E-state index in [0.717, 1.165) is 18.4 Å². The van der Waals surface area contributed by atoms with Gasteiger partial charge >= 0.3 is 0 Å². The van der Waals surface area contributed by atoms with Gasteiger partial charge in [-0.1, -0.05) is 6.07 Å². The SMILES string of the molecule is CC1(C)CC(n2c(=S)[nH]c3c(F)cccc32)CCO1. The van der Waals surface area contributed by atoms with E-state index >= 15 is 0 Å². The van der Waals surface area contributed by atoms with Crippen molar-refractivity contribution < 1.29 is 9.13 Å². The average Bonchev–Trinajstić information content (AvgIpc) is 2.66. The summed E-state index contributed by atoms with van der Waals surface area (Å²) in [4.78, 5) is 2.98. The second kappa shape index (κ2) is 4.42. The number of benzene rings is 1. The second-order valence-corrected chi connectivity index (χ2v) is 6.08. The van der Waals surface area contributed by atoms with Crippen molar-refractivity contribution in [3.8, 4) is 0 Å². The van der Waals surface area contributed by atoms with Crippen LogP contribution in [0.3, 0.4) is 0 Å². The Morgan fingerprint density at radius 2 is 2.26 bits per heavy atom. The highest BCUT2D eigenvalue weighted by Crippen LogP contribution is 2.34. The molecule has 2 heterocycles. The van der Waals surface area contributed by atoms with Gasteiger partial charge < -0.3 is 14.3 Å². The molecular formula is C14H17FN2OS. The Morgan fingerprint density at radius 1 is 1.47 bits per heavy atom. The molecule has 1 fully saturated rings. The number of para-hydroxylation sites is 1. The molecule has 1 saturated heterocycles. The number of aromatic nitrogens is 2. The number of fused-ring (bicyclic) bond motifs is 1. The van der Waals surface area contributed by atoms with Gasteiger partial charge in [0.15, 0.2) is 4.77 Å². The number of rotatable bonds is 1. The molecule has 1 aliphatic heterocycles. The Labute approximate surface area is 116 Å². The van der Waals surface area contributed by atoms with Crippen molar-refractivity contribution in [1.29, 1.82) is 0 Å². The smallest absolute Gasteiger partial charge is 0.178 e. The molecule has 1 atom stereocenters. The number of ether oxygens (including phenoxy) is 1. The Bertz CT molecular complexity index is 674. The lowest BCUT2D eigenvalue weighted by atomic mass is 9.93. The quantitative estimate of drug-likeness (QED) is 0.801. The largest absolute Gasteiger partial charge is 0.375 e. The van der Waals surface area contributed by atoms with Crippen LogP contribution in [-0.4, -0.2) is 21.8 Å². The molecule has 0 spiro atoms. The van der Waals surface area contributed by atoms with Crippen molar-refractivity contribution >= 4 is 23.3 Å². The van der Waals surface area contributed by atoms with Crippen LogP contribution in [0.1, 0.15) is 32.7 Å². The van der Waals surface area contributed by atoms with Gasteiger partial charge in [0.1, 0.15) is 11.3 Å². The molecule has 102 valence electrons. The van der Waals surface area contributed by atoms with Crippen molar-refractivity contribution in [2.24, 2.45) is 0 Å². The van der Waals surface area contributed by atoms with Crippen molar-refractivity contribution in [2.75, 3.05) is 6.61 Å². The maximum absolute atomic E-state index is 13.8. The fourth-order valence-electron chi connectivity index (χ4n) is 2.90. The fraction of sp³-hybridized carbons (Fsp3) is 0.500. The number of halogens is 1. The summed E-state index contributed by atoms with van der Waals surface area (Å²) in [5.41, 5.74) is 1.18. The lowest BCUT2D eigenvalue weighted by Crippen LogP contribution is -2.35. The number of imidazole rings is 1. The van der Waals surface area contributed by atoms with Crippen LogP contribution >= 0.6 is 12.2 Å². The highest BCUT2D eigenvalue weighted by atomic mass is 32.1. The van der Waals surface area contributed by atoms with E-state index in [1.165, 1.54) is 6.07 Å². The maximum atomic E-state index is 13.8. The van der Waals surface area contributed by atoms with Crippen LogP contribution in [0.25, 0.3) is 11.0 Å². The monoisotopic (exact) mass is 280 g/mol. The molecule has 3 nitrogen and oxygen atoms in total. The molecule has 1 N–H and O–H groups in total. The zero-order valence-corrected chi connectivity index (χ0v) is 11.9. The predicted molar refractivity (Wildman–Crippen MR) is 75.4 cm³/mol. The van der Waals surface area contributed by atoms with Crippen LogP contribution in [0.5, 0.6) is 0 Å². The van der Waals surface area contributed by atoms with E-state index in [2.05, 4.69) is 18.8 Å². The van der Waals surface area contributed by atoms with Crippen molar-refractivity contribution in [3.63, 3.8) is 0 Å². The summed E-state index contributed by atoms with van der Waals surface area (Å²) in [5.74, 6) is -0.256. The van der Waals surface area contributed by atoms with E-state index in [1.54, 1.807) is 6.07 Å². The number of aromatic amines is 1. The summed E-state index contributed by atoms with van der Waals surface area (Å²) < 4.78 is 22.1. The number of H-pyrrole nitrogens is 1. The Balaban J connectivity index is 2.12. The first-order valence-electron chi connectivity index (χ1n) is 6.51. The summed E-state index contributed by atoms with van der Waals surface area (Å²) in [6.07, 6.45) is 1.78. The molecular weight excluding hydrogens is 263 g/mol. The summed E-state index contributed by atoms with van der Waals surface area (Å²) in [6.45, 7) is 4.87. The highest BCUT2D eigenvalue weighted by molar-refractivity contribution is 7.71. The minimum absolute atomic E-state index is 0.158. The van der Waals surface area contributed by atoms with Crippen LogP contribution in [0.4, 0.5) is 4.39 Å². The third-order valence-electron chi connectivity index (χ3n) is 3.74. The molecule has 1 aromatic heterocycles. The van der Waals surface area contributed by atoms with E-state index < -0.39 is 0 Å². The van der Waals surface area contributed by atoms with Crippen molar-refractivity contribution in [3.05, 3.63) is 28.8 Å². The summed E-state index contributed by atoms with van der Waals surface area (Å²) in [7, 11) is 0. The first-order valence-corrected chi connectivity index (χ1v) is 6.91. The zero-order valence-electron chi connectivity index (χ0n) is 11.1. The first kappa shape index (κ1) is 12.8. The van der Waals surface area contributed by atoms with E-state index in [1.807, 2.05) is 10.6 Å².